The minimum atomic E-state index is -1.14. The zero-order valence-electron chi connectivity index (χ0n) is 7.56. The zero-order valence-corrected chi connectivity index (χ0v) is 7.56. The predicted molar refractivity (Wildman–Crippen MR) is 46.5 cm³/mol. The van der Waals surface area contributed by atoms with Crippen LogP contribution in [0.5, 0.6) is 0 Å². The predicted octanol–water partition coefficient (Wildman–Crippen LogP) is -0.229. The molecular weight excluding hydrogens is 188 g/mol. The van der Waals surface area contributed by atoms with E-state index < -0.39 is 18.5 Å². The monoisotopic (exact) mass is 198 g/mol. The largest absolute Gasteiger partial charge is 0.479 e. The molecule has 0 spiro atoms. The Morgan fingerprint density at radius 3 is 2.86 bits per heavy atom. The molecule has 0 aliphatic rings. The number of aliphatic carboxylic acids is 1. The molecule has 1 amide bonds. The lowest BCUT2D eigenvalue weighted by Gasteiger charge is -2.04. The Morgan fingerprint density at radius 2 is 2.36 bits per heavy atom. The minimum Gasteiger partial charge on any atom is -0.479 e. The van der Waals surface area contributed by atoms with Crippen molar-refractivity contribution in [3.63, 3.8) is 0 Å². The van der Waals surface area contributed by atoms with Gasteiger partial charge in [0.15, 0.2) is 6.61 Å². The molecule has 1 aromatic rings. The summed E-state index contributed by atoms with van der Waals surface area (Å²) in [5.41, 5.74) is 2.42. The highest BCUT2D eigenvalue weighted by Crippen LogP contribution is 1.98. The highest BCUT2D eigenvalue weighted by atomic mass is 16.7. The molecule has 0 aromatic carbocycles. The highest BCUT2D eigenvalue weighted by Gasteiger charge is 2.08. The molecule has 1 aromatic heterocycles. The number of hydrogen-bond acceptors (Lipinski definition) is 3. The van der Waals surface area contributed by atoms with Gasteiger partial charge in [-0.15, -0.1) is 0 Å². The van der Waals surface area contributed by atoms with Gasteiger partial charge in [0.25, 0.3) is 5.91 Å². The third-order valence-corrected chi connectivity index (χ3v) is 1.54. The first kappa shape index (κ1) is 10.3. The van der Waals surface area contributed by atoms with E-state index >= 15 is 0 Å². The van der Waals surface area contributed by atoms with Crippen molar-refractivity contribution in [1.82, 2.24) is 10.0 Å². The Hall–Kier alpha value is -1.82. The Kier molecular flexibility index (Phi) is 3.24. The molecule has 2 N–H and O–H groups in total. The van der Waals surface area contributed by atoms with Crippen molar-refractivity contribution in [2.75, 3.05) is 6.61 Å². The van der Waals surface area contributed by atoms with E-state index in [2.05, 4.69) is 4.84 Å². The minimum absolute atomic E-state index is 0.399. The number of amides is 1. The van der Waals surface area contributed by atoms with Gasteiger partial charge in [0.1, 0.15) is 5.69 Å². The summed E-state index contributed by atoms with van der Waals surface area (Å²) < 4.78 is 1.60. The second-order valence-corrected chi connectivity index (χ2v) is 2.62. The molecule has 0 radical (unpaired) electrons. The Balaban J connectivity index is 2.44. The first-order valence-electron chi connectivity index (χ1n) is 3.86. The second-order valence-electron chi connectivity index (χ2n) is 2.62. The molecular formula is C8H10N2O4. The van der Waals surface area contributed by atoms with Gasteiger partial charge >= 0.3 is 5.97 Å². The van der Waals surface area contributed by atoms with E-state index in [0.717, 1.165) is 0 Å². The van der Waals surface area contributed by atoms with Gasteiger partial charge in [-0.1, -0.05) is 0 Å². The van der Waals surface area contributed by atoms with Gasteiger partial charge in [-0.25, -0.2) is 10.3 Å². The van der Waals surface area contributed by atoms with Crippen LogP contribution < -0.4 is 5.48 Å². The van der Waals surface area contributed by atoms with Crippen molar-refractivity contribution in [2.24, 2.45) is 7.05 Å². The summed E-state index contributed by atoms with van der Waals surface area (Å²) in [6, 6.07) is 3.30. The molecule has 0 fully saturated rings. The van der Waals surface area contributed by atoms with Crippen LogP contribution in [0, 0.1) is 0 Å². The number of aryl methyl sites for hydroxylation is 1. The number of rotatable bonds is 4. The molecule has 0 unspecified atom stereocenters. The second kappa shape index (κ2) is 4.43. The topological polar surface area (TPSA) is 80.6 Å². The molecule has 14 heavy (non-hydrogen) atoms. The first-order chi connectivity index (χ1) is 6.61. The third-order valence-electron chi connectivity index (χ3n) is 1.54. The summed E-state index contributed by atoms with van der Waals surface area (Å²) in [6.45, 7) is -0.559. The lowest BCUT2D eigenvalue weighted by molar-refractivity contribution is -0.144. The van der Waals surface area contributed by atoms with Crippen molar-refractivity contribution in [2.45, 2.75) is 0 Å². The van der Waals surface area contributed by atoms with E-state index in [1.807, 2.05) is 5.48 Å². The Labute approximate surface area is 80.0 Å². The van der Waals surface area contributed by atoms with Crippen molar-refractivity contribution >= 4 is 11.9 Å². The summed E-state index contributed by atoms with van der Waals surface area (Å²) in [5.74, 6) is -1.61. The summed E-state index contributed by atoms with van der Waals surface area (Å²) in [7, 11) is 1.70. The number of aromatic nitrogens is 1. The number of carboxylic acids is 1. The standard InChI is InChI=1S/C8H10N2O4/c1-10-4-2-3-6(10)8(13)9-14-5-7(11)12/h2-4H,5H2,1H3,(H,9,13)(H,11,12). The summed E-state index contributed by atoms with van der Waals surface area (Å²) in [5, 5.41) is 8.23. The van der Waals surface area contributed by atoms with Gasteiger partial charge in [0.2, 0.25) is 0 Å². The van der Waals surface area contributed by atoms with Crippen LogP contribution in [-0.2, 0) is 16.7 Å². The number of carboxylic acid groups (broad SMARTS) is 1. The number of hydroxylamine groups is 1. The van der Waals surface area contributed by atoms with E-state index in [9.17, 15) is 9.59 Å². The van der Waals surface area contributed by atoms with E-state index in [0.29, 0.717) is 5.69 Å². The number of hydrogen-bond donors (Lipinski definition) is 2. The lowest BCUT2D eigenvalue weighted by atomic mass is 10.4. The molecule has 0 bridgehead atoms. The van der Waals surface area contributed by atoms with E-state index in [4.69, 9.17) is 5.11 Å². The SMILES string of the molecule is Cn1cccc1C(=O)NOCC(=O)O. The van der Waals surface area contributed by atoms with E-state index in [1.54, 1.807) is 29.9 Å². The number of nitrogens with one attached hydrogen (secondary N) is 1. The average molecular weight is 198 g/mol. The van der Waals surface area contributed by atoms with Crippen LogP contribution in [0.15, 0.2) is 18.3 Å². The fourth-order valence-electron chi connectivity index (χ4n) is 0.913. The maximum Gasteiger partial charge on any atom is 0.332 e. The van der Waals surface area contributed by atoms with Crippen LogP contribution in [0.1, 0.15) is 10.5 Å². The maximum atomic E-state index is 11.3. The van der Waals surface area contributed by atoms with Crippen LogP contribution in [0.25, 0.3) is 0 Å². The Morgan fingerprint density at radius 1 is 1.64 bits per heavy atom. The van der Waals surface area contributed by atoms with Gasteiger partial charge in [0, 0.05) is 13.2 Å². The van der Waals surface area contributed by atoms with Crippen LogP contribution in [0.2, 0.25) is 0 Å². The van der Waals surface area contributed by atoms with Gasteiger partial charge < -0.3 is 9.67 Å². The number of carbonyl (C=O) groups excluding carboxylic acids is 1. The lowest BCUT2D eigenvalue weighted by Crippen LogP contribution is -2.27. The molecule has 0 aliphatic heterocycles. The fourth-order valence-corrected chi connectivity index (χ4v) is 0.913. The molecule has 6 heteroatoms. The van der Waals surface area contributed by atoms with Gasteiger partial charge in [0.05, 0.1) is 0 Å². The van der Waals surface area contributed by atoms with Crippen molar-refractivity contribution < 1.29 is 19.5 Å². The molecule has 1 heterocycles. The molecule has 0 saturated carbocycles. The zero-order chi connectivity index (χ0) is 10.6. The third kappa shape index (κ3) is 2.60. The van der Waals surface area contributed by atoms with Crippen molar-refractivity contribution in [3.05, 3.63) is 24.0 Å². The smallest absolute Gasteiger partial charge is 0.332 e. The Bertz CT molecular complexity index is 345. The van der Waals surface area contributed by atoms with Crippen LogP contribution in [-0.4, -0.2) is 28.2 Å². The quantitative estimate of drug-likeness (QED) is 0.655. The molecule has 1 rings (SSSR count). The maximum absolute atomic E-state index is 11.3. The van der Waals surface area contributed by atoms with Gasteiger partial charge in [-0.05, 0) is 12.1 Å². The molecule has 76 valence electrons. The number of nitrogens with zero attached hydrogens (tertiary/aromatic N) is 1. The molecule has 0 aliphatic carbocycles. The summed E-state index contributed by atoms with van der Waals surface area (Å²) in [4.78, 5) is 25.7. The van der Waals surface area contributed by atoms with Crippen molar-refractivity contribution in [3.8, 4) is 0 Å². The highest BCUT2D eigenvalue weighted by molar-refractivity contribution is 5.91. The number of carbonyl (C=O) groups is 2. The van der Waals surface area contributed by atoms with Gasteiger partial charge in [-0.3, -0.25) is 9.63 Å². The van der Waals surface area contributed by atoms with Crippen LogP contribution in [0.3, 0.4) is 0 Å². The fraction of sp³-hybridized carbons (Fsp3) is 0.250. The molecule has 0 atom stereocenters. The summed E-state index contributed by atoms with van der Waals surface area (Å²) in [6.07, 6.45) is 1.70. The van der Waals surface area contributed by atoms with Crippen molar-refractivity contribution in [1.29, 1.82) is 0 Å². The molecule has 0 saturated heterocycles. The van der Waals surface area contributed by atoms with E-state index in [-0.39, 0.29) is 0 Å². The van der Waals surface area contributed by atoms with Crippen LogP contribution in [0.4, 0.5) is 0 Å². The summed E-state index contributed by atoms with van der Waals surface area (Å²) >= 11 is 0. The first-order valence-corrected chi connectivity index (χ1v) is 3.86. The van der Waals surface area contributed by atoms with E-state index in [1.165, 1.54) is 0 Å². The van der Waals surface area contributed by atoms with Gasteiger partial charge in [-0.2, -0.15) is 0 Å². The van der Waals surface area contributed by atoms with Crippen LogP contribution >= 0.6 is 0 Å². The molecule has 6 nitrogen and oxygen atoms in total. The average Bonchev–Trinajstić information content (AvgIpc) is 2.50. The normalized spacial score (nSPS) is 9.79.